The lowest BCUT2D eigenvalue weighted by atomic mass is 9.92. The van der Waals surface area contributed by atoms with Crippen LogP contribution in [-0.2, 0) is 0 Å². The smallest absolute Gasteiger partial charge is 0.254 e. The molecular weight excluding hydrogens is 262 g/mol. The predicted molar refractivity (Wildman–Crippen MR) is 86.6 cm³/mol. The molecule has 1 aliphatic rings. The lowest BCUT2D eigenvalue weighted by Gasteiger charge is -2.20. The van der Waals surface area contributed by atoms with Crippen LogP contribution in [0.5, 0.6) is 0 Å². The van der Waals surface area contributed by atoms with Gasteiger partial charge < -0.3 is 10.6 Å². The highest BCUT2D eigenvalue weighted by Gasteiger charge is 2.45. The van der Waals surface area contributed by atoms with Gasteiger partial charge in [0.15, 0.2) is 0 Å². The van der Waals surface area contributed by atoms with E-state index in [4.69, 9.17) is 0 Å². The first kappa shape index (κ1) is 15.8. The Hall–Kier alpha value is -1.58. The summed E-state index contributed by atoms with van der Waals surface area (Å²) in [4.78, 5) is 16.7. The van der Waals surface area contributed by atoms with Gasteiger partial charge in [0.05, 0.1) is 11.3 Å². The maximum Gasteiger partial charge on any atom is 0.254 e. The van der Waals surface area contributed by atoms with Crippen LogP contribution in [0.4, 0.5) is 5.69 Å². The number of aromatic nitrogens is 1. The molecule has 2 rings (SSSR count). The van der Waals surface area contributed by atoms with Crippen LogP contribution in [0.15, 0.2) is 12.3 Å². The fourth-order valence-corrected chi connectivity index (χ4v) is 2.62. The maximum absolute atomic E-state index is 12.4. The Morgan fingerprint density at radius 2 is 2.14 bits per heavy atom. The highest BCUT2D eigenvalue weighted by Crippen LogP contribution is 2.51. The molecule has 1 amide bonds. The van der Waals surface area contributed by atoms with Crippen molar-refractivity contribution in [2.75, 3.05) is 18.4 Å². The molecule has 2 N–H and O–H groups in total. The van der Waals surface area contributed by atoms with Gasteiger partial charge in [-0.25, -0.2) is 0 Å². The number of rotatable bonds is 7. The molecule has 1 aliphatic carbocycles. The number of nitrogens with one attached hydrogen (secondary N) is 2. The van der Waals surface area contributed by atoms with E-state index in [1.807, 2.05) is 13.0 Å². The van der Waals surface area contributed by atoms with Crippen LogP contribution >= 0.6 is 0 Å². The summed E-state index contributed by atoms with van der Waals surface area (Å²) >= 11 is 0. The molecule has 21 heavy (non-hydrogen) atoms. The van der Waals surface area contributed by atoms with Crippen molar-refractivity contribution in [1.82, 2.24) is 10.3 Å². The quantitative estimate of drug-likeness (QED) is 0.809. The zero-order chi connectivity index (χ0) is 15.5. The standard InChI is InChI=1S/C17H27N3O/c1-5-8-18-15-9-13(4)19-10-14(15)16(21)20-11-17(6-7-17)12(2)3/h9-10,12H,5-8,11H2,1-4H3,(H,18,19)(H,20,21). The summed E-state index contributed by atoms with van der Waals surface area (Å²) in [6.07, 6.45) is 5.15. The van der Waals surface area contributed by atoms with Gasteiger partial charge in [-0.3, -0.25) is 9.78 Å². The third-order valence-electron chi connectivity index (χ3n) is 4.57. The molecule has 1 aromatic heterocycles. The van der Waals surface area contributed by atoms with Gasteiger partial charge in [0, 0.05) is 25.0 Å². The minimum atomic E-state index is -0.0203. The van der Waals surface area contributed by atoms with Gasteiger partial charge in [0.1, 0.15) is 0 Å². The molecule has 0 bridgehead atoms. The van der Waals surface area contributed by atoms with E-state index in [1.165, 1.54) is 12.8 Å². The number of aryl methyl sites for hydroxylation is 1. The molecule has 4 heteroatoms. The molecule has 0 spiro atoms. The number of hydrogen-bond donors (Lipinski definition) is 2. The second-order valence-corrected chi connectivity index (χ2v) is 6.50. The number of anilines is 1. The normalized spacial score (nSPS) is 15.9. The zero-order valence-electron chi connectivity index (χ0n) is 13.6. The van der Waals surface area contributed by atoms with Crippen molar-refractivity contribution in [3.8, 4) is 0 Å². The number of hydrogen-bond acceptors (Lipinski definition) is 3. The molecule has 0 radical (unpaired) electrons. The first-order valence-electron chi connectivity index (χ1n) is 7.97. The molecule has 116 valence electrons. The average Bonchev–Trinajstić information content (AvgIpc) is 3.24. The van der Waals surface area contributed by atoms with Crippen LogP contribution in [0.2, 0.25) is 0 Å². The van der Waals surface area contributed by atoms with Gasteiger partial charge in [0.25, 0.3) is 5.91 Å². The molecule has 0 unspecified atom stereocenters. The van der Waals surface area contributed by atoms with Gasteiger partial charge in [-0.2, -0.15) is 0 Å². The Kier molecular flexibility index (Phi) is 4.86. The molecule has 0 aliphatic heterocycles. The van der Waals surface area contributed by atoms with Crippen molar-refractivity contribution in [2.24, 2.45) is 11.3 Å². The second kappa shape index (κ2) is 6.46. The summed E-state index contributed by atoms with van der Waals surface area (Å²) in [5.41, 5.74) is 2.78. The van der Waals surface area contributed by atoms with Gasteiger partial charge in [-0.1, -0.05) is 20.8 Å². The topological polar surface area (TPSA) is 54.0 Å². The number of pyridine rings is 1. The fraction of sp³-hybridized carbons (Fsp3) is 0.647. The summed E-state index contributed by atoms with van der Waals surface area (Å²) in [6, 6.07) is 1.94. The maximum atomic E-state index is 12.4. The Labute approximate surface area is 127 Å². The SMILES string of the molecule is CCCNc1cc(C)ncc1C(=O)NCC1(C(C)C)CC1. The summed E-state index contributed by atoms with van der Waals surface area (Å²) in [5.74, 6) is 0.597. The van der Waals surface area contributed by atoms with E-state index in [-0.39, 0.29) is 5.91 Å². The Morgan fingerprint density at radius 1 is 1.43 bits per heavy atom. The second-order valence-electron chi connectivity index (χ2n) is 6.50. The van der Waals surface area contributed by atoms with Crippen LogP contribution in [0.25, 0.3) is 0 Å². The summed E-state index contributed by atoms with van der Waals surface area (Å²) < 4.78 is 0. The third-order valence-corrected chi connectivity index (χ3v) is 4.57. The summed E-state index contributed by atoms with van der Waals surface area (Å²) in [6.45, 7) is 10.2. The van der Waals surface area contributed by atoms with Gasteiger partial charge in [-0.15, -0.1) is 0 Å². The van der Waals surface area contributed by atoms with Crippen LogP contribution in [-0.4, -0.2) is 24.0 Å². The van der Waals surface area contributed by atoms with Crippen molar-refractivity contribution < 1.29 is 4.79 Å². The zero-order valence-corrected chi connectivity index (χ0v) is 13.6. The number of amides is 1. The molecule has 1 aromatic rings. The van der Waals surface area contributed by atoms with Crippen LogP contribution in [0.3, 0.4) is 0 Å². The van der Waals surface area contributed by atoms with E-state index in [0.29, 0.717) is 16.9 Å². The Morgan fingerprint density at radius 3 is 2.71 bits per heavy atom. The third kappa shape index (κ3) is 3.74. The Balaban J connectivity index is 2.04. The first-order chi connectivity index (χ1) is 9.98. The van der Waals surface area contributed by atoms with E-state index in [2.05, 4.69) is 36.4 Å². The number of carbonyl (C=O) groups excluding carboxylic acids is 1. The van der Waals surface area contributed by atoms with E-state index < -0.39 is 0 Å². The number of carbonyl (C=O) groups is 1. The summed E-state index contributed by atoms with van der Waals surface area (Å²) in [7, 11) is 0. The molecule has 1 fully saturated rings. The van der Waals surface area contributed by atoms with Crippen LogP contribution < -0.4 is 10.6 Å². The molecule has 4 nitrogen and oxygen atoms in total. The molecular formula is C17H27N3O. The highest BCUT2D eigenvalue weighted by atomic mass is 16.1. The monoisotopic (exact) mass is 289 g/mol. The molecule has 0 atom stereocenters. The molecule has 0 aromatic carbocycles. The molecule has 1 saturated carbocycles. The van der Waals surface area contributed by atoms with Crippen molar-refractivity contribution in [3.63, 3.8) is 0 Å². The lowest BCUT2D eigenvalue weighted by molar-refractivity contribution is 0.0940. The minimum Gasteiger partial charge on any atom is -0.384 e. The van der Waals surface area contributed by atoms with E-state index in [1.54, 1.807) is 6.20 Å². The highest BCUT2D eigenvalue weighted by molar-refractivity contribution is 5.99. The molecule has 0 saturated heterocycles. The number of nitrogens with zero attached hydrogens (tertiary/aromatic N) is 1. The fourth-order valence-electron chi connectivity index (χ4n) is 2.62. The van der Waals surface area contributed by atoms with Crippen molar-refractivity contribution in [1.29, 1.82) is 0 Å². The molecule has 1 heterocycles. The minimum absolute atomic E-state index is 0.0203. The van der Waals surface area contributed by atoms with E-state index in [9.17, 15) is 4.79 Å². The van der Waals surface area contributed by atoms with E-state index in [0.717, 1.165) is 30.9 Å². The van der Waals surface area contributed by atoms with Gasteiger partial charge in [-0.05, 0) is 43.6 Å². The van der Waals surface area contributed by atoms with Crippen molar-refractivity contribution in [3.05, 3.63) is 23.5 Å². The van der Waals surface area contributed by atoms with Gasteiger partial charge >= 0.3 is 0 Å². The van der Waals surface area contributed by atoms with E-state index >= 15 is 0 Å². The predicted octanol–water partition coefficient (Wildman–Crippen LogP) is 3.38. The van der Waals surface area contributed by atoms with Crippen molar-refractivity contribution in [2.45, 2.75) is 47.0 Å². The lowest BCUT2D eigenvalue weighted by Crippen LogP contribution is -2.33. The van der Waals surface area contributed by atoms with Crippen molar-refractivity contribution >= 4 is 11.6 Å². The van der Waals surface area contributed by atoms with Crippen LogP contribution in [0.1, 0.15) is 56.1 Å². The first-order valence-corrected chi connectivity index (χ1v) is 7.97. The average molecular weight is 289 g/mol. The largest absolute Gasteiger partial charge is 0.384 e. The summed E-state index contributed by atoms with van der Waals surface area (Å²) in [5, 5.41) is 6.42. The van der Waals surface area contributed by atoms with Gasteiger partial charge in [0.2, 0.25) is 0 Å². The Bertz CT molecular complexity index is 507. The van der Waals surface area contributed by atoms with Crippen LogP contribution in [0, 0.1) is 18.3 Å².